The van der Waals surface area contributed by atoms with Crippen molar-refractivity contribution in [3.63, 3.8) is 0 Å². The van der Waals surface area contributed by atoms with Crippen molar-refractivity contribution in [3.8, 4) is 0 Å². The molecule has 3 rings (SSSR count). The minimum atomic E-state index is -0.320. The van der Waals surface area contributed by atoms with Crippen molar-refractivity contribution >= 4 is 38.5 Å². The lowest BCUT2D eigenvalue weighted by atomic mass is 10.1. The molecule has 0 bridgehead atoms. The summed E-state index contributed by atoms with van der Waals surface area (Å²) in [7, 11) is 0. The van der Waals surface area contributed by atoms with Gasteiger partial charge in [0.1, 0.15) is 11.3 Å². The fourth-order valence-corrected chi connectivity index (χ4v) is 2.83. The molecule has 2 nitrogen and oxygen atoms in total. The second kappa shape index (κ2) is 5.00. The molecule has 0 aliphatic heterocycles. The molecule has 2 aromatic carbocycles. The second-order valence-electron chi connectivity index (χ2n) is 4.30. The SMILES string of the molecule is NC(c1cc2c(Cl)cccc2o1)c1ccccc1Br. The molecule has 0 saturated heterocycles. The summed E-state index contributed by atoms with van der Waals surface area (Å²) in [6.45, 7) is 0. The first kappa shape index (κ1) is 12.7. The Morgan fingerprint density at radius 1 is 1.11 bits per heavy atom. The van der Waals surface area contributed by atoms with Gasteiger partial charge in [-0.25, -0.2) is 0 Å². The number of hydrogen-bond donors (Lipinski definition) is 1. The monoisotopic (exact) mass is 335 g/mol. The molecule has 3 aromatic rings. The number of rotatable bonds is 2. The third-order valence-corrected chi connectivity index (χ3v) is 4.13. The van der Waals surface area contributed by atoms with Gasteiger partial charge in [-0.2, -0.15) is 0 Å². The van der Waals surface area contributed by atoms with Crippen molar-refractivity contribution in [2.24, 2.45) is 5.73 Å². The summed E-state index contributed by atoms with van der Waals surface area (Å²) in [6, 6.07) is 15.0. The van der Waals surface area contributed by atoms with Gasteiger partial charge in [-0.15, -0.1) is 0 Å². The van der Waals surface area contributed by atoms with E-state index in [0.29, 0.717) is 10.8 Å². The molecule has 4 heteroatoms. The van der Waals surface area contributed by atoms with Gasteiger partial charge < -0.3 is 10.2 Å². The maximum absolute atomic E-state index is 6.26. The zero-order chi connectivity index (χ0) is 13.4. The van der Waals surface area contributed by atoms with Crippen LogP contribution in [-0.2, 0) is 0 Å². The van der Waals surface area contributed by atoms with Crippen LogP contribution in [0.2, 0.25) is 5.02 Å². The summed E-state index contributed by atoms with van der Waals surface area (Å²) in [5, 5.41) is 1.56. The van der Waals surface area contributed by atoms with E-state index < -0.39 is 0 Å². The summed E-state index contributed by atoms with van der Waals surface area (Å²) in [4.78, 5) is 0. The van der Waals surface area contributed by atoms with Crippen LogP contribution in [0.5, 0.6) is 0 Å². The number of benzene rings is 2. The molecule has 0 aliphatic rings. The lowest BCUT2D eigenvalue weighted by molar-refractivity contribution is 0.524. The van der Waals surface area contributed by atoms with Crippen LogP contribution < -0.4 is 5.73 Å². The zero-order valence-electron chi connectivity index (χ0n) is 9.94. The predicted octanol–water partition coefficient (Wildman–Crippen LogP) is 4.90. The van der Waals surface area contributed by atoms with Crippen LogP contribution in [0.25, 0.3) is 11.0 Å². The highest BCUT2D eigenvalue weighted by molar-refractivity contribution is 9.10. The average Bonchev–Trinajstić information content (AvgIpc) is 2.84. The van der Waals surface area contributed by atoms with Crippen molar-refractivity contribution in [3.05, 3.63) is 69.3 Å². The molecule has 1 unspecified atom stereocenters. The van der Waals surface area contributed by atoms with Gasteiger partial charge in [0, 0.05) is 9.86 Å². The van der Waals surface area contributed by atoms with E-state index in [-0.39, 0.29) is 6.04 Å². The van der Waals surface area contributed by atoms with Crippen molar-refractivity contribution < 1.29 is 4.42 Å². The molecule has 19 heavy (non-hydrogen) atoms. The quantitative estimate of drug-likeness (QED) is 0.723. The third kappa shape index (κ3) is 2.29. The summed E-state index contributed by atoms with van der Waals surface area (Å²) in [5.41, 5.74) is 8.00. The van der Waals surface area contributed by atoms with Crippen LogP contribution in [-0.4, -0.2) is 0 Å². The highest BCUT2D eigenvalue weighted by Crippen LogP contribution is 2.32. The lowest BCUT2D eigenvalue weighted by Gasteiger charge is -2.10. The van der Waals surface area contributed by atoms with Crippen molar-refractivity contribution in [1.82, 2.24) is 0 Å². The van der Waals surface area contributed by atoms with Gasteiger partial charge in [0.25, 0.3) is 0 Å². The van der Waals surface area contributed by atoms with E-state index in [1.165, 1.54) is 0 Å². The van der Waals surface area contributed by atoms with E-state index in [1.54, 1.807) is 0 Å². The summed E-state index contributed by atoms with van der Waals surface area (Å²) in [6.07, 6.45) is 0. The maximum atomic E-state index is 6.26. The molecule has 0 fully saturated rings. The smallest absolute Gasteiger partial charge is 0.135 e. The first-order valence-electron chi connectivity index (χ1n) is 5.85. The van der Waals surface area contributed by atoms with Gasteiger partial charge >= 0.3 is 0 Å². The summed E-state index contributed by atoms with van der Waals surface area (Å²) >= 11 is 9.65. The van der Waals surface area contributed by atoms with Gasteiger partial charge in [0.05, 0.1) is 11.1 Å². The molecule has 0 spiro atoms. The molecule has 96 valence electrons. The standard InChI is InChI=1S/C15H11BrClNO/c16-11-5-2-1-4-9(11)15(18)14-8-10-12(17)6-3-7-13(10)19-14/h1-8,15H,18H2. The van der Waals surface area contributed by atoms with Gasteiger partial charge in [-0.1, -0.05) is 51.8 Å². The fraction of sp³-hybridized carbons (Fsp3) is 0.0667. The Kier molecular flexibility index (Phi) is 3.35. The van der Waals surface area contributed by atoms with E-state index in [4.69, 9.17) is 21.8 Å². The van der Waals surface area contributed by atoms with Crippen molar-refractivity contribution in [2.45, 2.75) is 6.04 Å². The molecule has 0 aliphatic carbocycles. The summed E-state index contributed by atoms with van der Waals surface area (Å²) in [5.74, 6) is 0.704. The van der Waals surface area contributed by atoms with Gasteiger partial charge in [-0.05, 0) is 29.8 Å². The highest BCUT2D eigenvalue weighted by atomic mass is 79.9. The van der Waals surface area contributed by atoms with Crippen LogP contribution in [0, 0.1) is 0 Å². The Bertz CT molecular complexity index is 738. The molecule has 1 heterocycles. The highest BCUT2D eigenvalue weighted by Gasteiger charge is 2.17. The molecule has 1 atom stereocenters. The van der Waals surface area contributed by atoms with E-state index >= 15 is 0 Å². The molecule has 0 radical (unpaired) electrons. The number of nitrogens with two attached hydrogens (primary N) is 1. The predicted molar refractivity (Wildman–Crippen MR) is 81.4 cm³/mol. The largest absolute Gasteiger partial charge is 0.459 e. The van der Waals surface area contributed by atoms with E-state index in [2.05, 4.69) is 15.9 Å². The third-order valence-electron chi connectivity index (χ3n) is 3.07. The minimum absolute atomic E-state index is 0.320. The van der Waals surface area contributed by atoms with Crippen LogP contribution in [0.15, 0.2) is 57.4 Å². The lowest BCUT2D eigenvalue weighted by Crippen LogP contribution is -2.11. The average molecular weight is 337 g/mol. The van der Waals surface area contributed by atoms with Gasteiger partial charge in [-0.3, -0.25) is 0 Å². The van der Waals surface area contributed by atoms with E-state index in [9.17, 15) is 0 Å². The molecule has 1 aromatic heterocycles. The molecule has 2 N–H and O–H groups in total. The maximum Gasteiger partial charge on any atom is 0.135 e. The molecule has 0 amide bonds. The van der Waals surface area contributed by atoms with E-state index in [1.807, 2.05) is 48.5 Å². The fourth-order valence-electron chi connectivity index (χ4n) is 2.08. The van der Waals surface area contributed by atoms with E-state index in [0.717, 1.165) is 21.0 Å². The number of halogens is 2. The summed E-state index contributed by atoms with van der Waals surface area (Å²) < 4.78 is 6.76. The second-order valence-corrected chi connectivity index (χ2v) is 5.56. The zero-order valence-corrected chi connectivity index (χ0v) is 12.3. The van der Waals surface area contributed by atoms with Gasteiger partial charge in [0.2, 0.25) is 0 Å². The number of hydrogen-bond acceptors (Lipinski definition) is 2. The first-order chi connectivity index (χ1) is 9.16. The number of fused-ring (bicyclic) bond motifs is 1. The van der Waals surface area contributed by atoms with Crippen molar-refractivity contribution in [1.29, 1.82) is 0 Å². The minimum Gasteiger partial charge on any atom is -0.459 e. The molecular formula is C15H11BrClNO. The van der Waals surface area contributed by atoms with Crippen LogP contribution in [0.1, 0.15) is 17.4 Å². The Labute approximate surface area is 124 Å². The van der Waals surface area contributed by atoms with Crippen LogP contribution in [0.4, 0.5) is 0 Å². The Hall–Kier alpha value is -1.29. The van der Waals surface area contributed by atoms with Gasteiger partial charge in [0.15, 0.2) is 0 Å². The molecule has 0 saturated carbocycles. The van der Waals surface area contributed by atoms with Crippen LogP contribution in [0.3, 0.4) is 0 Å². The first-order valence-corrected chi connectivity index (χ1v) is 7.02. The Morgan fingerprint density at radius 3 is 2.63 bits per heavy atom. The normalized spacial score (nSPS) is 12.8. The Morgan fingerprint density at radius 2 is 1.89 bits per heavy atom. The number of furan rings is 1. The van der Waals surface area contributed by atoms with Crippen molar-refractivity contribution in [2.75, 3.05) is 0 Å². The van der Waals surface area contributed by atoms with Crippen LogP contribution >= 0.6 is 27.5 Å². The molecular weight excluding hydrogens is 326 g/mol. The topological polar surface area (TPSA) is 39.2 Å². The Balaban J connectivity index is 2.10.